The Bertz CT molecular complexity index is 477. The van der Waals surface area contributed by atoms with E-state index >= 15 is 0 Å². The van der Waals surface area contributed by atoms with E-state index < -0.39 is 0 Å². The molecule has 0 aromatic carbocycles. The van der Waals surface area contributed by atoms with Crippen LogP contribution in [0.5, 0.6) is 0 Å². The summed E-state index contributed by atoms with van der Waals surface area (Å²) in [5.41, 5.74) is 5.80. The van der Waals surface area contributed by atoms with Crippen LogP contribution in [0.1, 0.15) is 23.0 Å². The molecule has 1 atom stereocenters. The summed E-state index contributed by atoms with van der Waals surface area (Å²) in [7, 11) is 1.89. The number of hydrogen-bond donors (Lipinski definition) is 2. The van der Waals surface area contributed by atoms with Crippen molar-refractivity contribution in [3.8, 4) is 0 Å². The summed E-state index contributed by atoms with van der Waals surface area (Å²) in [4.78, 5) is 4.36. The van der Waals surface area contributed by atoms with Gasteiger partial charge in [0.2, 0.25) is 0 Å². The molecule has 3 N–H and O–H groups in total. The summed E-state index contributed by atoms with van der Waals surface area (Å²) < 4.78 is 1.79. The van der Waals surface area contributed by atoms with Gasteiger partial charge < -0.3 is 0 Å². The van der Waals surface area contributed by atoms with Gasteiger partial charge in [-0.3, -0.25) is 15.5 Å². The highest BCUT2D eigenvalue weighted by Gasteiger charge is 2.18. The molecular weight excluding hydrogens is 202 g/mol. The first-order valence-electron chi connectivity index (χ1n) is 5.09. The monoisotopic (exact) mass is 217 g/mol. The van der Waals surface area contributed by atoms with Crippen molar-refractivity contribution in [2.45, 2.75) is 13.0 Å². The lowest BCUT2D eigenvalue weighted by Crippen LogP contribution is -2.31. The maximum absolute atomic E-state index is 5.60. The van der Waals surface area contributed by atoms with Crippen LogP contribution in [0.2, 0.25) is 0 Å². The molecule has 5 heteroatoms. The van der Waals surface area contributed by atoms with E-state index in [1.807, 2.05) is 32.2 Å². The van der Waals surface area contributed by atoms with Crippen LogP contribution in [-0.2, 0) is 7.05 Å². The molecule has 2 aromatic heterocycles. The topological polar surface area (TPSA) is 68.8 Å². The van der Waals surface area contributed by atoms with Crippen LogP contribution in [-0.4, -0.2) is 14.8 Å². The Hall–Kier alpha value is -1.72. The van der Waals surface area contributed by atoms with E-state index in [0.29, 0.717) is 0 Å². The molecule has 0 aliphatic heterocycles. The lowest BCUT2D eigenvalue weighted by Gasteiger charge is -2.17. The summed E-state index contributed by atoms with van der Waals surface area (Å²) in [5.74, 6) is 5.60. The molecule has 0 amide bonds. The number of rotatable bonds is 3. The van der Waals surface area contributed by atoms with E-state index in [0.717, 1.165) is 17.0 Å². The van der Waals surface area contributed by atoms with Gasteiger partial charge in [-0.15, -0.1) is 0 Å². The third kappa shape index (κ3) is 1.82. The number of pyridine rings is 1. The fourth-order valence-electron chi connectivity index (χ4n) is 1.77. The smallest absolute Gasteiger partial charge is 0.105 e. The fourth-order valence-corrected chi connectivity index (χ4v) is 1.77. The number of nitrogens with two attached hydrogens (primary N) is 1. The Kier molecular flexibility index (Phi) is 2.98. The Labute approximate surface area is 94.3 Å². The van der Waals surface area contributed by atoms with Gasteiger partial charge in [-0.1, -0.05) is 6.07 Å². The normalized spacial score (nSPS) is 12.7. The number of hydrazine groups is 1. The predicted octanol–water partition coefficient (Wildman–Crippen LogP) is 0.676. The van der Waals surface area contributed by atoms with Gasteiger partial charge in [0.1, 0.15) is 6.04 Å². The maximum atomic E-state index is 5.60. The molecule has 0 fully saturated rings. The highest BCUT2D eigenvalue weighted by molar-refractivity contribution is 5.28. The molecule has 2 rings (SSSR count). The van der Waals surface area contributed by atoms with Crippen molar-refractivity contribution < 1.29 is 0 Å². The average Bonchev–Trinajstić information content (AvgIpc) is 2.69. The largest absolute Gasteiger partial charge is 0.271 e. The van der Waals surface area contributed by atoms with Gasteiger partial charge in [-0.2, -0.15) is 5.10 Å². The first-order valence-corrected chi connectivity index (χ1v) is 5.09. The molecule has 0 radical (unpaired) electrons. The van der Waals surface area contributed by atoms with Crippen molar-refractivity contribution in [2.75, 3.05) is 0 Å². The van der Waals surface area contributed by atoms with Crippen molar-refractivity contribution in [1.82, 2.24) is 20.2 Å². The second kappa shape index (κ2) is 4.42. The second-order valence-corrected chi connectivity index (χ2v) is 3.68. The van der Waals surface area contributed by atoms with Crippen LogP contribution in [0.3, 0.4) is 0 Å². The molecule has 2 heterocycles. The van der Waals surface area contributed by atoms with E-state index in [1.165, 1.54) is 0 Å². The molecule has 5 nitrogen and oxygen atoms in total. The van der Waals surface area contributed by atoms with Crippen LogP contribution in [0, 0.1) is 6.92 Å². The summed E-state index contributed by atoms with van der Waals surface area (Å²) in [5, 5.41) is 4.13. The Morgan fingerprint density at radius 1 is 1.38 bits per heavy atom. The van der Waals surface area contributed by atoms with Gasteiger partial charge in [0.15, 0.2) is 0 Å². The Morgan fingerprint density at radius 3 is 2.75 bits per heavy atom. The number of nitrogens with one attached hydrogen (secondary N) is 1. The summed E-state index contributed by atoms with van der Waals surface area (Å²) in [6, 6.07) is 5.73. The van der Waals surface area contributed by atoms with Crippen LogP contribution >= 0.6 is 0 Å². The van der Waals surface area contributed by atoms with Gasteiger partial charge in [0.25, 0.3) is 0 Å². The van der Waals surface area contributed by atoms with Crippen molar-refractivity contribution in [3.05, 3.63) is 47.5 Å². The number of hydrogen-bond acceptors (Lipinski definition) is 4. The van der Waals surface area contributed by atoms with E-state index in [9.17, 15) is 0 Å². The van der Waals surface area contributed by atoms with Gasteiger partial charge in [0, 0.05) is 19.4 Å². The van der Waals surface area contributed by atoms with Crippen LogP contribution in [0.25, 0.3) is 0 Å². The molecule has 0 saturated heterocycles. The first-order chi connectivity index (χ1) is 7.74. The standard InChI is InChI=1S/C11H15N5/c1-8-4-3-6-13-10(8)11(15-12)9-5-7-14-16(9)2/h3-7,11,15H,12H2,1-2H3. The lowest BCUT2D eigenvalue weighted by atomic mass is 10.1. The zero-order valence-electron chi connectivity index (χ0n) is 9.38. The van der Waals surface area contributed by atoms with Gasteiger partial charge in [-0.25, -0.2) is 5.43 Å². The number of aromatic nitrogens is 3. The third-order valence-corrected chi connectivity index (χ3v) is 2.64. The van der Waals surface area contributed by atoms with E-state index in [4.69, 9.17) is 5.84 Å². The molecular formula is C11H15N5. The lowest BCUT2D eigenvalue weighted by molar-refractivity contribution is 0.561. The Balaban J connectivity index is 2.45. The molecule has 0 bridgehead atoms. The molecule has 1 unspecified atom stereocenters. The van der Waals surface area contributed by atoms with Crippen molar-refractivity contribution in [2.24, 2.45) is 12.9 Å². The molecule has 0 aliphatic rings. The van der Waals surface area contributed by atoms with Crippen molar-refractivity contribution in [3.63, 3.8) is 0 Å². The summed E-state index contributed by atoms with van der Waals surface area (Å²) >= 11 is 0. The van der Waals surface area contributed by atoms with Gasteiger partial charge in [-0.05, 0) is 24.6 Å². The van der Waals surface area contributed by atoms with Gasteiger partial charge in [0.05, 0.1) is 11.4 Å². The third-order valence-electron chi connectivity index (χ3n) is 2.64. The fraction of sp³-hybridized carbons (Fsp3) is 0.273. The average molecular weight is 217 g/mol. The second-order valence-electron chi connectivity index (χ2n) is 3.68. The molecule has 0 aliphatic carbocycles. The molecule has 0 spiro atoms. The zero-order valence-corrected chi connectivity index (χ0v) is 9.38. The van der Waals surface area contributed by atoms with Crippen molar-refractivity contribution >= 4 is 0 Å². The Morgan fingerprint density at radius 2 is 2.19 bits per heavy atom. The molecule has 16 heavy (non-hydrogen) atoms. The van der Waals surface area contributed by atoms with Crippen LogP contribution < -0.4 is 11.3 Å². The van der Waals surface area contributed by atoms with Gasteiger partial charge >= 0.3 is 0 Å². The predicted molar refractivity (Wildman–Crippen MR) is 61.3 cm³/mol. The van der Waals surface area contributed by atoms with Crippen molar-refractivity contribution in [1.29, 1.82) is 0 Å². The molecule has 0 saturated carbocycles. The molecule has 2 aromatic rings. The molecule has 84 valence electrons. The summed E-state index contributed by atoms with van der Waals surface area (Å²) in [6.07, 6.45) is 3.51. The highest BCUT2D eigenvalue weighted by Crippen LogP contribution is 2.21. The number of aryl methyl sites for hydroxylation is 2. The number of nitrogens with zero attached hydrogens (tertiary/aromatic N) is 3. The van der Waals surface area contributed by atoms with E-state index in [-0.39, 0.29) is 6.04 Å². The quantitative estimate of drug-likeness (QED) is 0.586. The zero-order chi connectivity index (χ0) is 11.5. The first kappa shape index (κ1) is 10.8. The minimum atomic E-state index is -0.131. The van der Waals surface area contributed by atoms with Crippen LogP contribution in [0.15, 0.2) is 30.6 Å². The van der Waals surface area contributed by atoms with E-state index in [2.05, 4.69) is 15.5 Å². The van der Waals surface area contributed by atoms with E-state index in [1.54, 1.807) is 17.1 Å². The highest BCUT2D eigenvalue weighted by atomic mass is 15.3. The summed E-state index contributed by atoms with van der Waals surface area (Å²) in [6.45, 7) is 2.02. The minimum absolute atomic E-state index is 0.131. The SMILES string of the molecule is Cc1cccnc1C(NN)c1ccnn1C. The minimum Gasteiger partial charge on any atom is -0.271 e. The maximum Gasteiger partial charge on any atom is 0.105 e. The van der Waals surface area contributed by atoms with Crippen LogP contribution in [0.4, 0.5) is 0 Å².